The first-order valence-corrected chi connectivity index (χ1v) is 14.5. The zero-order valence-corrected chi connectivity index (χ0v) is 24.9. The summed E-state index contributed by atoms with van der Waals surface area (Å²) in [5.41, 5.74) is 4.31. The van der Waals surface area contributed by atoms with Gasteiger partial charge in [0.05, 0.1) is 12.1 Å². The number of carbonyl (C=O) groups is 3. The number of carbonyl (C=O) groups excluding carboxylic acids is 3. The fourth-order valence-corrected chi connectivity index (χ4v) is 5.31. The Morgan fingerprint density at radius 2 is 1.77 bits per heavy atom. The number of hydrogen-bond acceptors (Lipinski definition) is 5. The van der Waals surface area contributed by atoms with E-state index in [0.717, 1.165) is 22.6 Å². The third kappa shape index (κ3) is 6.43. The predicted molar refractivity (Wildman–Crippen MR) is 168 cm³/mol. The Kier molecular flexibility index (Phi) is 8.85. The number of hydrogen-bond donors (Lipinski definition) is 1. The number of benzene rings is 2. The topological polar surface area (TPSA) is 95.2 Å². The highest BCUT2D eigenvalue weighted by Gasteiger charge is 2.27. The molecule has 4 aromatic rings. The number of esters is 1. The maximum atomic E-state index is 13.7. The summed E-state index contributed by atoms with van der Waals surface area (Å²) in [6.07, 6.45) is 11.3. The van der Waals surface area contributed by atoms with Crippen LogP contribution in [0.1, 0.15) is 77.5 Å². The Morgan fingerprint density at radius 3 is 2.51 bits per heavy atom. The second-order valence-electron chi connectivity index (χ2n) is 11.1. The van der Waals surface area contributed by atoms with Gasteiger partial charge in [0.1, 0.15) is 18.1 Å². The van der Waals surface area contributed by atoms with Gasteiger partial charge in [-0.1, -0.05) is 76.3 Å². The van der Waals surface area contributed by atoms with Crippen LogP contribution in [-0.4, -0.2) is 38.4 Å². The lowest BCUT2D eigenvalue weighted by Crippen LogP contribution is -2.26. The molecule has 0 spiro atoms. The van der Waals surface area contributed by atoms with Crippen LogP contribution in [0, 0.1) is 0 Å². The number of fused-ring (bicyclic) bond motifs is 1. The van der Waals surface area contributed by atoms with Crippen molar-refractivity contribution in [1.29, 1.82) is 0 Å². The summed E-state index contributed by atoms with van der Waals surface area (Å²) in [6.45, 7) is 9.24. The molecule has 1 amide bonds. The van der Waals surface area contributed by atoms with E-state index >= 15 is 0 Å². The molecule has 8 nitrogen and oxygen atoms in total. The van der Waals surface area contributed by atoms with Gasteiger partial charge in [-0.05, 0) is 47.4 Å². The second kappa shape index (κ2) is 12.9. The molecule has 0 radical (unpaired) electrons. The standard InChI is InChI=1S/C35H36N4O4/c1-23(2)29-21-26(14-15-28(29)35(42)43-20-19-38-18-16-36-33(38)24(3)4)37-34(41)32(40)31-30(25-11-7-5-8-12-25)22-27-13-9-6-10-17-39(27)31/h5-16,18,21-24H,17,19-20H2,1-4H3,(H,37,41). The minimum atomic E-state index is -0.749. The van der Waals surface area contributed by atoms with Crippen LogP contribution in [0.25, 0.3) is 17.2 Å². The smallest absolute Gasteiger partial charge is 0.338 e. The summed E-state index contributed by atoms with van der Waals surface area (Å²) in [6, 6.07) is 16.5. The normalized spacial score (nSPS) is 12.3. The fraction of sp³-hybridized carbons (Fsp3) is 0.257. The van der Waals surface area contributed by atoms with Crippen LogP contribution in [0.2, 0.25) is 0 Å². The lowest BCUT2D eigenvalue weighted by molar-refractivity contribution is -0.112. The molecular weight excluding hydrogens is 540 g/mol. The summed E-state index contributed by atoms with van der Waals surface area (Å²) in [5, 5.41) is 2.77. The van der Waals surface area contributed by atoms with Crippen LogP contribution in [0.3, 0.4) is 0 Å². The molecule has 0 saturated carbocycles. The van der Waals surface area contributed by atoms with Crippen LogP contribution in [-0.2, 0) is 22.6 Å². The van der Waals surface area contributed by atoms with Gasteiger partial charge in [-0.25, -0.2) is 9.78 Å². The highest BCUT2D eigenvalue weighted by atomic mass is 16.5. The molecule has 3 heterocycles. The molecule has 43 heavy (non-hydrogen) atoms. The molecule has 2 aromatic heterocycles. The van der Waals surface area contributed by atoms with Crippen LogP contribution in [0.15, 0.2) is 85.2 Å². The Hall–Kier alpha value is -4.98. The summed E-state index contributed by atoms with van der Waals surface area (Å²) in [5.74, 6) is -0.646. The van der Waals surface area contributed by atoms with Crippen molar-refractivity contribution in [1.82, 2.24) is 14.1 Å². The van der Waals surface area contributed by atoms with E-state index < -0.39 is 17.7 Å². The molecular formula is C35H36N4O4. The Labute approximate surface area is 251 Å². The van der Waals surface area contributed by atoms with E-state index in [1.807, 2.05) is 89.9 Å². The SMILES string of the molecule is CC(C)c1cc(NC(=O)C(=O)c2c(-c3ccccc3)cc3n2CC=CC=C3)ccc1C(=O)OCCn1ccnc1C(C)C. The average Bonchev–Trinajstić information content (AvgIpc) is 3.55. The van der Waals surface area contributed by atoms with Gasteiger partial charge in [-0.3, -0.25) is 9.59 Å². The van der Waals surface area contributed by atoms with Gasteiger partial charge in [0.2, 0.25) is 0 Å². The quantitative estimate of drug-likeness (QED) is 0.126. The predicted octanol–water partition coefficient (Wildman–Crippen LogP) is 6.86. The number of rotatable bonds is 10. The maximum absolute atomic E-state index is 13.7. The van der Waals surface area contributed by atoms with E-state index in [9.17, 15) is 14.4 Å². The number of imidazole rings is 1. The van der Waals surface area contributed by atoms with E-state index in [2.05, 4.69) is 24.1 Å². The van der Waals surface area contributed by atoms with Crippen molar-refractivity contribution < 1.29 is 19.1 Å². The van der Waals surface area contributed by atoms with Gasteiger partial charge in [0, 0.05) is 41.8 Å². The first kappa shape index (κ1) is 29.5. The molecule has 8 heteroatoms. The third-order valence-corrected chi connectivity index (χ3v) is 7.42. The summed E-state index contributed by atoms with van der Waals surface area (Å²) in [7, 11) is 0. The van der Waals surface area contributed by atoms with Gasteiger partial charge in [-0.2, -0.15) is 0 Å². The first-order valence-electron chi connectivity index (χ1n) is 14.5. The van der Waals surface area contributed by atoms with Crippen molar-refractivity contribution >= 4 is 29.4 Å². The zero-order chi connectivity index (χ0) is 30.5. The Bertz CT molecular complexity index is 1710. The van der Waals surface area contributed by atoms with Crippen molar-refractivity contribution in [3.8, 4) is 11.1 Å². The third-order valence-electron chi connectivity index (χ3n) is 7.42. The molecule has 0 unspecified atom stereocenters. The lowest BCUT2D eigenvalue weighted by atomic mass is 9.96. The van der Waals surface area contributed by atoms with E-state index in [0.29, 0.717) is 35.6 Å². The number of ether oxygens (including phenoxy) is 1. The molecule has 0 fully saturated rings. The Balaban J connectivity index is 1.34. The fourth-order valence-electron chi connectivity index (χ4n) is 5.31. The van der Waals surface area contributed by atoms with Crippen molar-refractivity contribution in [3.05, 3.63) is 114 Å². The van der Waals surface area contributed by atoms with E-state index in [-0.39, 0.29) is 18.4 Å². The highest BCUT2D eigenvalue weighted by molar-refractivity contribution is 6.47. The molecule has 0 atom stereocenters. The minimum Gasteiger partial charge on any atom is -0.460 e. The molecule has 0 saturated heterocycles. The summed E-state index contributed by atoms with van der Waals surface area (Å²) in [4.78, 5) is 44.5. The number of amides is 1. The number of Topliss-reactive ketones (excluding diaryl/α,β-unsaturated/α-hetero) is 1. The van der Waals surface area contributed by atoms with Crippen molar-refractivity contribution in [2.75, 3.05) is 11.9 Å². The van der Waals surface area contributed by atoms with Crippen molar-refractivity contribution in [2.24, 2.45) is 0 Å². The molecule has 220 valence electrons. The first-order chi connectivity index (χ1) is 20.7. The number of aromatic nitrogens is 3. The number of ketones is 1. The number of allylic oxidation sites excluding steroid dienone is 3. The monoisotopic (exact) mass is 576 g/mol. The average molecular weight is 577 g/mol. The molecule has 2 aromatic carbocycles. The van der Waals surface area contributed by atoms with Crippen LogP contribution in [0.4, 0.5) is 5.69 Å². The molecule has 5 rings (SSSR count). The van der Waals surface area contributed by atoms with E-state index in [4.69, 9.17) is 4.74 Å². The second-order valence-corrected chi connectivity index (χ2v) is 11.1. The van der Waals surface area contributed by atoms with Crippen LogP contribution >= 0.6 is 0 Å². The summed E-state index contributed by atoms with van der Waals surface area (Å²) < 4.78 is 9.45. The van der Waals surface area contributed by atoms with Gasteiger partial charge >= 0.3 is 5.97 Å². The number of nitrogens with one attached hydrogen (secondary N) is 1. The largest absolute Gasteiger partial charge is 0.460 e. The summed E-state index contributed by atoms with van der Waals surface area (Å²) >= 11 is 0. The van der Waals surface area contributed by atoms with Gasteiger partial charge in [0.25, 0.3) is 11.7 Å². The zero-order valence-electron chi connectivity index (χ0n) is 24.9. The molecule has 1 aliphatic rings. The van der Waals surface area contributed by atoms with Crippen molar-refractivity contribution in [3.63, 3.8) is 0 Å². The number of anilines is 1. The molecule has 1 N–H and O–H groups in total. The lowest BCUT2D eigenvalue weighted by Gasteiger charge is -2.16. The van der Waals surface area contributed by atoms with E-state index in [1.54, 1.807) is 24.4 Å². The highest BCUT2D eigenvalue weighted by Crippen LogP contribution is 2.30. The molecule has 0 bridgehead atoms. The van der Waals surface area contributed by atoms with Gasteiger partial charge < -0.3 is 19.2 Å². The van der Waals surface area contributed by atoms with Gasteiger partial charge in [-0.15, -0.1) is 0 Å². The van der Waals surface area contributed by atoms with E-state index in [1.165, 1.54) is 0 Å². The Morgan fingerprint density at radius 1 is 0.977 bits per heavy atom. The molecule has 0 aliphatic carbocycles. The van der Waals surface area contributed by atoms with Crippen LogP contribution in [0.5, 0.6) is 0 Å². The maximum Gasteiger partial charge on any atom is 0.338 e. The molecule has 1 aliphatic heterocycles. The number of nitrogens with zero attached hydrogens (tertiary/aromatic N) is 3. The van der Waals surface area contributed by atoms with Crippen molar-refractivity contribution in [2.45, 2.75) is 52.6 Å². The minimum absolute atomic E-state index is 0.0269. The van der Waals surface area contributed by atoms with Gasteiger partial charge in [0.15, 0.2) is 0 Å². The van der Waals surface area contributed by atoms with Crippen LogP contribution < -0.4 is 5.32 Å².